The molecule has 0 rings (SSSR count). The van der Waals surface area contributed by atoms with Gasteiger partial charge in [0.15, 0.2) is 0 Å². The number of carboxylic acid groups (broad SMARTS) is 1. The molecule has 0 saturated heterocycles. The van der Waals surface area contributed by atoms with E-state index in [0.717, 1.165) is 25.7 Å². The summed E-state index contributed by atoms with van der Waals surface area (Å²) < 4.78 is 0. The number of carboxylic acids is 1. The minimum atomic E-state index is -0.779. The molecule has 5 heteroatoms. The number of amides is 1. The molecule has 1 atom stereocenters. The summed E-state index contributed by atoms with van der Waals surface area (Å²) in [5.41, 5.74) is 0. The van der Waals surface area contributed by atoms with Crippen molar-refractivity contribution in [2.45, 2.75) is 122 Å². The summed E-state index contributed by atoms with van der Waals surface area (Å²) in [6.07, 6.45) is 24.0. The van der Waals surface area contributed by atoms with E-state index in [2.05, 4.69) is 24.4 Å². The quantitative estimate of drug-likeness (QED) is 0.153. The average molecular weight is 439 g/mol. The number of likely N-dealkylation sites (N-methyl/N-ethyl adjacent to an activating group) is 1. The molecule has 0 aromatic carbocycles. The van der Waals surface area contributed by atoms with Crippen LogP contribution in [0.2, 0.25) is 0 Å². The van der Waals surface area contributed by atoms with E-state index < -0.39 is 12.0 Å². The van der Waals surface area contributed by atoms with Gasteiger partial charge in [0.1, 0.15) is 6.04 Å². The molecule has 0 radical (unpaired) electrons. The first-order valence-corrected chi connectivity index (χ1v) is 12.8. The molecular formula is C26H50N2O3. The Labute approximate surface area is 192 Å². The minimum Gasteiger partial charge on any atom is -0.480 e. The van der Waals surface area contributed by atoms with Crippen molar-refractivity contribution in [1.82, 2.24) is 10.2 Å². The van der Waals surface area contributed by atoms with Crippen molar-refractivity contribution in [1.29, 1.82) is 0 Å². The number of nitrogens with zero attached hydrogens (tertiary/aromatic N) is 1. The molecule has 0 heterocycles. The molecule has 0 aliphatic rings. The van der Waals surface area contributed by atoms with Crippen LogP contribution in [0.5, 0.6) is 0 Å². The molecule has 0 saturated carbocycles. The van der Waals surface area contributed by atoms with Gasteiger partial charge < -0.3 is 10.4 Å². The summed E-state index contributed by atoms with van der Waals surface area (Å²) in [6, 6.07) is -0.438. The van der Waals surface area contributed by atoms with Gasteiger partial charge in [-0.05, 0) is 65.5 Å². The lowest BCUT2D eigenvalue weighted by Crippen LogP contribution is -2.35. The summed E-state index contributed by atoms with van der Waals surface area (Å²) in [5, 5.41) is 12.1. The summed E-state index contributed by atoms with van der Waals surface area (Å²) in [4.78, 5) is 24.7. The van der Waals surface area contributed by atoms with Crippen molar-refractivity contribution in [3.8, 4) is 0 Å². The van der Waals surface area contributed by atoms with E-state index in [1.165, 1.54) is 70.6 Å². The van der Waals surface area contributed by atoms with E-state index in [4.69, 9.17) is 5.11 Å². The number of hydrogen-bond acceptors (Lipinski definition) is 3. The number of unbranched alkanes of at least 4 members (excludes halogenated alkanes) is 12. The highest BCUT2D eigenvalue weighted by Gasteiger charge is 2.18. The average Bonchev–Trinajstić information content (AvgIpc) is 2.72. The van der Waals surface area contributed by atoms with Crippen LogP contribution in [0.3, 0.4) is 0 Å². The van der Waals surface area contributed by atoms with Crippen molar-refractivity contribution in [2.24, 2.45) is 0 Å². The Kier molecular flexibility index (Phi) is 20.9. The SMILES string of the molecule is CCCCCCCC/C=C\CCCCCCCC(=O)NCCCC[C@@H](C(=O)O)N(C)C. The summed E-state index contributed by atoms with van der Waals surface area (Å²) >= 11 is 0. The third-order valence-corrected chi connectivity index (χ3v) is 5.80. The Hall–Kier alpha value is -1.36. The predicted octanol–water partition coefficient (Wildman–Crippen LogP) is 6.33. The molecule has 182 valence electrons. The fraction of sp³-hybridized carbons (Fsp3) is 0.846. The number of rotatable bonds is 22. The van der Waals surface area contributed by atoms with E-state index in [1.807, 2.05) is 0 Å². The molecule has 1 amide bonds. The molecule has 0 spiro atoms. The lowest BCUT2D eigenvalue weighted by molar-refractivity contribution is -0.142. The number of aliphatic carboxylic acids is 1. The van der Waals surface area contributed by atoms with Crippen LogP contribution in [0.25, 0.3) is 0 Å². The summed E-state index contributed by atoms with van der Waals surface area (Å²) in [6.45, 7) is 2.90. The Bertz CT molecular complexity index is 464. The van der Waals surface area contributed by atoms with Crippen molar-refractivity contribution in [3.63, 3.8) is 0 Å². The highest BCUT2D eigenvalue weighted by Crippen LogP contribution is 2.10. The van der Waals surface area contributed by atoms with E-state index in [9.17, 15) is 9.59 Å². The van der Waals surface area contributed by atoms with E-state index in [-0.39, 0.29) is 5.91 Å². The molecular weight excluding hydrogens is 388 g/mol. The molecule has 0 aromatic heterocycles. The zero-order chi connectivity index (χ0) is 23.2. The number of allylic oxidation sites excluding steroid dienone is 2. The number of nitrogens with one attached hydrogen (secondary N) is 1. The molecule has 0 bridgehead atoms. The fourth-order valence-electron chi connectivity index (χ4n) is 3.74. The summed E-state index contributed by atoms with van der Waals surface area (Å²) in [5.74, 6) is -0.654. The van der Waals surface area contributed by atoms with Crippen molar-refractivity contribution >= 4 is 11.9 Å². The lowest BCUT2D eigenvalue weighted by atomic mass is 10.1. The second kappa shape index (κ2) is 21.9. The van der Waals surface area contributed by atoms with Crippen LogP contribution < -0.4 is 5.32 Å². The van der Waals surface area contributed by atoms with Gasteiger partial charge in [-0.1, -0.05) is 70.4 Å². The number of carbonyl (C=O) groups excluding carboxylic acids is 1. The normalized spacial score (nSPS) is 12.5. The molecule has 0 aliphatic carbocycles. The van der Waals surface area contributed by atoms with Crippen LogP contribution in [0.15, 0.2) is 12.2 Å². The van der Waals surface area contributed by atoms with Crippen LogP contribution >= 0.6 is 0 Å². The van der Waals surface area contributed by atoms with Crippen LogP contribution in [0.4, 0.5) is 0 Å². The van der Waals surface area contributed by atoms with Crippen LogP contribution in [0.1, 0.15) is 116 Å². The predicted molar refractivity (Wildman–Crippen MR) is 131 cm³/mol. The van der Waals surface area contributed by atoms with Crippen LogP contribution in [-0.2, 0) is 9.59 Å². The molecule has 5 nitrogen and oxygen atoms in total. The maximum absolute atomic E-state index is 11.9. The van der Waals surface area contributed by atoms with E-state index in [0.29, 0.717) is 19.4 Å². The van der Waals surface area contributed by atoms with Crippen molar-refractivity contribution < 1.29 is 14.7 Å². The van der Waals surface area contributed by atoms with Crippen molar-refractivity contribution in [2.75, 3.05) is 20.6 Å². The van der Waals surface area contributed by atoms with Crippen molar-refractivity contribution in [3.05, 3.63) is 12.2 Å². The fourth-order valence-corrected chi connectivity index (χ4v) is 3.74. The Morgan fingerprint density at radius 2 is 1.35 bits per heavy atom. The van der Waals surface area contributed by atoms with Crippen LogP contribution in [0, 0.1) is 0 Å². The number of hydrogen-bond donors (Lipinski definition) is 2. The smallest absolute Gasteiger partial charge is 0.320 e. The Balaban J connectivity index is 3.39. The monoisotopic (exact) mass is 438 g/mol. The number of carbonyl (C=O) groups is 2. The lowest BCUT2D eigenvalue weighted by Gasteiger charge is -2.19. The van der Waals surface area contributed by atoms with Gasteiger partial charge in [-0.15, -0.1) is 0 Å². The third-order valence-electron chi connectivity index (χ3n) is 5.80. The first kappa shape index (κ1) is 29.6. The maximum Gasteiger partial charge on any atom is 0.320 e. The van der Waals surface area contributed by atoms with Gasteiger partial charge in [0, 0.05) is 13.0 Å². The molecule has 0 fully saturated rings. The minimum absolute atomic E-state index is 0.125. The van der Waals surface area contributed by atoms with Gasteiger partial charge in [-0.2, -0.15) is 0 Å². The van der Waals surface area contributed by atoms with Gasteiger partial charge in [-0.3, -0.25) is 14.5 Å². The van der Waals surface area contributed by atoms with Gasteiger partial charge in [0.05, 0.1) is 0 Å². The second-order valence-corrected chi connectivity index (χ2v) is 9.00. The largest absolute Gasteiger partial charge is 0.480 e. The second-order valence-electron chi connectivity index (χ2n) is 9.00. The molecule has 0 aliphatic heterocycles. The van der Waals surface area contributed by atoms with Gasteiger partial charge in [0.25, 0.3) is 0 Å². The Morgan fingerprint density at radius 3 is 1.90 bits per heavy atom. The van der Waals surface area contributed by atoms with Gasteiger partial charge >= 0.3 is 5.97 Å². The molecule has 0 aromatic rings. The third kappa shape index (κ3) is 20.3. The van der Waals surface area contributed by atoms with Crippen LogP contribution in [-0.4, -0.2) is 48.6 Å². The zero-order valence-electron chi connectivity index (χ0n) is 20.7. The first-order valence-electron chi connectivity index (χ1n) is 12.8. The molecule has 31 heavy (non-hydrogen) atoms. The summed E-state index contributed by atoms with van der Waals surface area (Å²) in [7, 11) is 3.57. The van der Waals surface area contributed by atoms with Gasteiger partial charge in [-0.25, -0.2) is 0 Å². The van der Waals surface area contributed by atoms with E-state index in [1.54, 1.807) is 19.0 Å². The standard InChI is InChI=1S/C26H50N2O3/c1-4-5-6-7-8-9-10-11-12-13-14-15-16-17-18-22-25(29)27-23-20-19-21-24(26(30)31)28(2)3/h11-12,24H,4-10,13-23H2,1-3H3,(H,27,29)(H,30,31)/b12-11-/t24-/m0/s1. The zero-order valence-corrected chi connectivity index (χ0v) is 20.7. The van der Waals surface area contributed by atoms with E-state index >= 15 is 0 Å². The van der Waals surface area contributed by atoms with Gasteiger partial charge in [0.2, 0.25) is 5.91 Å². The molecule has 2 N–H and O–H groups in total. The highest BCUT2D eigenvalue weighted by molar-refractivity contribution is 5.75. The Morgan fingerprint density at radius 1 is 0.806 bits per heavy atom. The maximum atomic E-state index is 11.9. The topological polar surface area (TPSA) is 69.6 Å². The first-order chi connectivity index (χ1) is 15.0. The molecule has 0 unspecified atom stereocenters. The highest BCUT2D eigenvalue weighted by atomic mass is 16.4.